The Morgan fingerprint density at radius 1 is 1.80 bits per heavy atom. The maximum atomic E-state index is 9.20. The van der Waals surface area contributed by atoms with E-state index >= 15 is 0 Å². The molecule has 0 radical (unpaired) electrons. The molecule has 0 saturated carbocycles. The van der Waals surface area contributed by atoms with Crippen LogP contribution in [0.1, 0.15) is 11.0 Å². The van der Waals surface area contributed by atoms with E-state index < -0.39 is 6.10 Å². The fourth-order valence-corrected chi connectivity index (χ4v) is 1.83. The van der Waals surface area contributed by atoms with Crippen molar-refractivity contribution in [1.82, 2.24) is 0 Å². The molecule has 0 saturated heterocycles. The Morgan fingerprint density at radius 3 is 2.90 bits per heavy atom. The molecule has 1 unspecified atom stereocenters. The van der Waals surface area contributed by atoms with E-state index in [0.29, 0.717) is 5.02 Å². The van der Waals surface area contributed by atoms with E-state index in [0.717, 1.165) is 4.88 Å². The van der Waals surface area contributed by atoms with Gasteiger partial charge >= 0.3 is 0 Å². The van der Waals surface area contributed by atoms with E-state index in [9.17, 15) is 5.11 Å². The summed E-state index contributed by atoms with van der Waals surface area (Å²) in [5, 5.41) is 11.6. The number of rotatable bonds is 2. The lowest BCUT2D eigenvalue weighted by Gasteiger charge is -2.03. The van der Waals surface area contributed by atoms with Crippen LogP contribution in [0.15, 0.2) is 11.4 Å². The van der Waals surface area contributed by atoms with Gasteiger partial charge in [0.15, 0.2) is 0 Å². The monoisotopic (exact) mass is 177 g/mol. The van der Waals surface area contributed by atoms with Crippen molar-refractivity contribution in [3.8, 4) is 0 Å². The van der Waals surface area contributed by atoms with Crippen molar-refractivity contribution in [3.63, 3.8) is 0 Å². The fourth-order valence-electron chi connectivity index (χ4n) is 0.650. The molecule has 0 aliphatic heterocycles. The first-order chi connectivity index (χ1) is 4.75. The van der Waals surface area contributed by atoms with Gasteiger partial charge in [0.25, 0.3) is 0 Å². The topological polar surface area (TPSA) is 46.2 Å². The van der Waals surface area contributed by atoms with Gasteiger partial charge in [-0.05, 0) is 11.4 Å². The van der Waals surface area contributed by atoms with Gasteiger partial charge in [-0.2, -0.15) is 0 Å². The Balaban J connectivity index is 2.82. The quantitative estimate of drug-likeness (QED) is 0.718. The van der Waals surface area contributed by atoms with E-state index in [1.54, 1.807) is 6.07 Å². The molecule has 2 nitrogen and oxygen atoms in total. The summed E-state index contributed by atoms with van der Waals surface area (Å²) in [5.41, 5.74) is 5.23. The first-order valence-corrected chi connectivity index (χ1v) is 4.12. The van der Waals surface area contributed by atoms with Gasteiger partial charge in [0, 0.05) is 6.54 Å². The summed E-state index contributed by atoms with van der Waals surface area (Å²) < 4.78 is 0. The smallest absolute Gasteiger partial charge is 0.102 e. The lowest BCUT2D eigenvalue weighted by molar-refractivity contribution is 0.190. The van der Waals surface area contributed by atoms with Crippen LogP contribution in [0.5, 0.6) is 0 Å². The first kappa shape index (κ1) is 8.01. The summed E-state index contributed by atoms with van der Waals surface area (Å²) >= 11 is 7.13. The summed E-state index contributed by atoms with van der Waals surface area (Å²) in [6, 6.07) is 1.75. The van der Waals surface area contributed by atoms with Crippen LogP contribution in [0, 0.1) is 0 Å². The molecular formula is C6H8ClNOS. The van der Waals surface area contributed by atoms with Crippen molar-refractivity contribution < 1.29 is 5.11 Å². The van der Waals surface area contributed by atoms with E-state index in [-0.39, 0.29) is 6.54 Å². The first-order valence-electron chi connectivity index (χ1n) is 2.86. The van der Waals surface area contributed by atoms with Crippen molar-refractivity contribution in [1.29, 1.82) is 0 Å². The predicted octanol–water partition coefficient (Wildman–Crippen LogP) is 1.39. The molecule has 0 fully saturated rings. The zero-order valence-electron chi connectivity index (χ0n) is 5.25. The molecule has 0 aliphatic rings. The average molecular weight is 178 g/mol. The largest absolute Gasteiger partial charge is 0.386 e. The number of hydrogen-bond acceptors (Lipinski definition) is 3. The molecule has 1 aromatic heterocycles. The highest BCUT2D eigenvalue weighted by molar-refractivity contribution is 7.10. The number of halogens is 1. The zero-order valence-corrected chi connectivity index (χ0v) is 6.82. The van der Waals surface area contributed by atoms with Gasteiger partial charge in [-0.25, -0.2) is 0 Å². The summed E-state index contributed by atoms with van der Waals surface area (Å²) in [4.78, 5) is 0.754. The molecule has 0 amide bonds. The Bertz CT molecular complexity index is 213. The second-order valence-electron chi connectivity index (χ2n) is 1.88. The minimum Gasteiger partial charge on any atom is -0.386 e. The van der Waals surface area contributed by atoms with Crippen molar-refractivity contribution in [3.05, 3.63) is 21.3 Å². The molecule has 0 aromatic carbocycles. The van der Waals surface area contributed by atoms with Gasteiger partial charge in [-0.1, -0.05) is 11.6 Å². The summed E-state index contributed by atoms with van der Waals surface area (Å²) in [6.07, 6.45) is -0.604. The molecule has 0 bridgehead atoms. The fraction of sp³-hybridized carbons (Fsp3) is 0.333. The van der Waals surface area contributed by atoms with Crippen LogP contribution < -0.4 is 5.73 Å². The van der Waals surface area contributed by atoms with Gasteiger partial charge < -0.3 is 10.8 Å². The molecule has 3 N–H and O–H groups in total. The van der Waals surface area contributed by atoms with Crippen LogP contribution in [0.4, 0.5) is 0 Å². The highest BCUT2D eigenvalue weighted by Gasteiger charge is 2.09. The molecule has 4 heteroatoms. The van der Waals surface area contributed by atoms with Crippen molar-refractivity contribution in [2.45, 2.75) is 6.10 Å². The third kappa shape index (κ3) is 1.49. The maximum absolute atomic E-state index is 9.20. The van der Waals surface area contributed by atoms with Crippen LogP contribution in [-0.2, 0) is 0 Å². The van der Waals surface area contributed by atoms with Crippen LogP contribution in [-0.4, -0.2) is 11.7 Å². The van der Waals surface area contributed by atoms with Crippen LogP contribution in [0.25, 0.3) is 0 Å². The average Bonchev–Trinajstić information content (AvgIpc) is 2.34. The van der Waals surface area contributed by atoms with E-state index in [2.05, 4.69) is 0 Å². The zero-order chi connectivity index (χ0) is 7.56. The number of hydrogen-bond donors (Lipinski definition) is 2. The molecule has 1 atom stereocenters. The maximum Gasteiger partial charge on any atom is 0.102 e. The third-order valence-corrected chi connectivity index (χ3v) is 2.63. The Hall–Kier alpha value is -0.0900. The molecule has 56 valence electrons. The molecule has 1 heterocycles. The SMILES string of the molecule is NCC(O)c1sccc1Cl. The molecule has 1 rings (SSSR count). The summed E-state index contributed by atoms with van der Waals surface area (Å²) in [7, 11) is 0. The highest BCUT2D eigenvalue weighted by Crippen LogP contribution is 2.27. The Labute approximate surface area is 68.2 Å². The number of aliphatic hydroxyl groups is 1. The Morgan fingerprint density at radius 2 is 2.50 bits per heavy atom. The van der Waals surface area contributed by atoms with Crippen molar-refractivity contribution in [2.24, 2.45) is 5.73 Å². The number of aliphatic hydroxyl groups excluding tert-OH is 1. The lowest BCUT2D eigenvalue weighted by atomic mass is 10.3. The normalized spacial score (nSPS) is 13.5. The van der Waals surface area contributed by atoms with Crippen molar-refractivity contribution >= 4 is 22.9 Å². The van der Waals surface area contributed by atoms with Crippen molar-refractivity contribution in [2.75, 3.05) is 6.54 Å². The van der Waals surface area contributed by atoms with E-state index in [4.69, 9.17) is 17.3 Å². The standard InChI is InChI=1S/C6H8ClNOS/c7-4-1-2-10-6(4)5(9)3-8/h1-2,5,9H,3,8H2. The van der Waals surface area contributed by atoms with Gasteiger partial charge in [-0.3, -0.25) is 0 Å². The highest BCUT2D eigenvalue weighted by atomic mass is 35.5. The predicted molar refractivity (Wildman–Crippen MR) is 43.3 cm³/mol. The minimum atomic E-state index is -0.604. The van der Waals surface area contributed by atoms with Gasteiger partial charge in [0.1, 0.15) is 6.10 Å². The molecule has 10 heavy (non-hydrogen) atoms. The van der Waals surface area contributed by atoms with Crippen LogP contribution in [0.3, 0.4) is 0 Å². The van der Waals surface area contributed by atoms with Gasteiger partial charge in [0.05, 0.1) is 9.90 Å². The second kappa shape index (κ2) is 3.34. The van der Waals surface area contributed by atoms with Crippen LogP contribution >= 0.6 is 22.9 Å². The van der Waals surface area contributed by atoms with Crippen LogP contribution in [0.2, 0.25) is 5.02 Å². The molecule has 1 aromatic rings. The van der Waals surface area contributed by atoms with Gasteiger partial charge in [-0.15, -0.1) is 11.3 Å². The van der Waals surface area contributed by atoms with E-state index in [1.807, 2.05) is 5.38 Å². The number of thiophene rings is 1. The number of nitrogens with two attached hydrogens (primary N) is 1. The molecule has 0 aliphatic carbocycles. The Kier molecular flexibility index (Phi) is 2.68. The van der Waals surface area contributed by atoms with Gasteiger partial charge in [0.2, 0.25) is 0 Å². The lowest BCUT2D eigenvalue weighted by Crippen LogP contribution is -2.10. The summed E-state index contributed by atoms with van der Waals surface area (Å²) in [5.74, 6) is 0. The van der Waals surface area contributed by atoms with E-state index in [1.165, 1.54) is 11.3 Å². The molecular weight excluding hydrogens is 170 g/mol. The third-order valence-electron chi connectivity index (χ3n) is 1.17. The second-order valence-corrected chi connectivity index (χ2v) is 3.24. The summed E-state index contributed by atoms with van der Waals surface area (Å²) in [6.45, 7) is 0.222. The molecule has 0 spiro atoms. The minimum absolute atomic E-state index is 0.222.